The van der Waals surface area contributed by atoms with Crippen molar-refractivity contribution in [2.75, 3.05) is 39.3 Å². The van der Waals surface area contributed by atoms with Crippen molar-refractivity contribution in [3.05, 3.63) is 15.5 Å². The molecule has 6 heteroatoms. The molecule has 0 aliphatic carbocycles. The Bertz CT molecular complexity index is 371. The molecule has 3 heterocycles. The van der Waals surface area contributed by atoms with Crippen LogP contribution in [0.1, 0.15) is 5.01 Å². The van der Waals surface area contributed by atoms with E-state index in [0.29, 0.717) is 0 Å². The van der Waals surface area contributed by atoms with E-state index in [1.165, 1.54) is 26.2 Å². The fraction of sp³-hybridized carbons (Fsp3) is 0.727. The van der Waals surface area contributed by atoms with Gasteiger partial charge >= 0.3 is 0 Å². The summed E-state index contributed by atoms with van der Waals surface area (Å²) in [5.74, 6) is 0. The number of piperazine rings is 1. The van der Waals surface area contributed by atoms with Crippen molar-refractivity contribution in [3.63, 3.8) is 0 Å². The molecule has 0 amide bonds. The third-order valence-electron chi connectivity index (χ3n) is 3.57. The van der Waals surface area contributed by atoms with Gasteiger partial charge < -0.3 is 5.32 Å². The summed E-state index contributed by atoms with van der Waals surface area (Å²) in [6.45, 7) is 7.95. The van der Waals surface area contributed by atoms with Gasteiger partial charge in [-0.3, -0.25) is 9.80 Å². The van der Waals surface area contributed by atoms with E-state index < -0.39 is 0 Å². The van der Waals surface area contributed by atoms with Crippen LogP contribution in [0.5, 0.6) is 0 Å². The number of nitrogens with one attached hydrogen (secondary N) is 1. The summed E-state index contributed by atoms with van der Waals surface area (Å²) in [7, 11) is 0. The summed E-state index contributed by atoms with van der Waals surface area (Å²) in [4.78, 5) is 9.38. The van der Waals surface area contributed by atoms with Crippen LogP contribution in [0.15, 0.2) is 6.20 Å². The second-order valence-electron chi connectivity index (χ2n) is 4.68. The Kier molecular flexibility index (Phi) is 3.63. The molecule has 2 aliphatic heterocycles. The second-order valence-corrected chi connectivity index (χ2v) is 6.43. The first-order valence-electron chi connectivity index (χ1n) is 6.08. The van der Waals surface area contributed by atoms with Gasteiger partial charge in [0.2, 0.25) is 0 Å². The smallest absolute Gasteiger partial charge is 0.113 e. The number of nitrogens with zero attached hydrogens (tertiary/aromatic N) is 3. The third-order valence-corrected chi connectivity index (χ3v) is 4.67. The molecule has 2 fully saturated rings. The zero-order chi connectivity index (χ0) is 11.7. The Morgan fingerprint density at radius 1 is 1.35 bits per heavy atom. The quantitative estimate of drug-likeness (QED) is 0.886. The van der Waals surface area contributed by atoms with Crippen LogP contribution in [0.3, 0.4) is 0 Å². The molecule has 17 heavy (non-hydrogen) atoms. The lowest BCUT2D eigenvalue weighted by Gasteiger charge is -2.43. The number of hydrogen-bond acceptors (Lipinski definition) is 5. The molecule has 0 radical (unpaired) electrons. The predicted molar refractivity (Wildman–Crippen MR) is 70.6 cm³/mol. The first-order chi connectivity index (χ1) is 8.31. The Labute approximate surface area is 111 Å². The van der Waals surface area contributed by atoms with Gasteiger partial charge in [0, 0.05) is 45.3 Å². The van der Waals surface area contributed by atoms with E-state index in [9.17, 15) is 0 Å². The maximum atomic E-state index is 5.89. The Morgan fingerprint density at radius 2 is 2.12 bits per heavy atom. The minimum Gasteiger partial charge on any atom is -0.314 e. The van der Waals surface area contributed by atoms with Crippen molar-refractivity contribution in [2.45, 2.75) is 12.6 Å². The highest BCUT2D eigenvalue weighted by Gasteiger charge is 2.27. The summed E-state index contributed by atoms with van der Waals surface area (Å²) in [6, 6.07) is 0.784. The number of rotatable bonds is 3. The molecule has 1 aromatic rings. The average Bonchev–Trinajstić information content (AvgIpc) is 2.64. The van der Waals surface area contributed by atoms with Gasteiger partial charge in [-0.2, -0.15) is 0 Å². The molecule has 2 saturated heterocycles. The summed E-state index contributed by atoms with van der Waals surface area (Å²) in [5.41, 5.74) is 0. The van der Waals surface area contributed by atoms with Crippen LogP contribution < -0.4 is 5.32 Å². The van der Waals surface area contributed by atoms with Crippen LogP contribution in [0, 0.1) is 0 Å². The molecule has 0 aromatic carbocycles. The molecule has 94 valence electrons. The summed E-state index contributed by atoms with van der Waals surface area (Å²) >= 11 is 7.48. The van der Waals surface area contributed by atoms with Crippen molar-refractivity contribution >= 4 is 22.9 Å². The Morgan fingerprint density at radius 3 is 2.65 bits per heavy atom. The highest BCUT2D eigenvalue weighted by atomic mass is 35.5. The van der Waals surface area contributed by atoms with Crippen molar-refractivity contribution in [1.29, 1.82) is 0 Å². The van der Waals surface area contributed by atoms with E-state index in [2.05, 4.69) is 20.1 Å². The molecule has 1 aromatic heterocycles. The zero-order valence-corrected chi connectivity index (χ0v) is 11.3. The predicted octanol–water partition coefficient (Wildman–Crippen LogP) is 0.886. The SMILES string of the molecule is Clc1cnc(CN2CCN(C3CNC3)CC2)s1. The lowest BCUT2D eigenvalue weighted by molar-refractivity contribution is 0.0695. The van der Waals surface area contributed by atoms with Crippen molar-refractivity contribution in [2.24, 2.45) is 0 Å². The first-order valence-corrected chi connectivity index (χ1v) is 7.28. The standard InChI is InChI=1S/C11H17ClN4S/c12-10-7-14-11(17-10)8-15-1-3-16(4-2-15)9-5-13-6-9/h7,9,13H,1-6,8H2. The lowest BCUT2D eigenvalue weighted by atomic mass is 10.1. The zero-order valence-electron chi connectivity index (χ0n) is 9.73. The van der Waals surface area contributed by atoms with Crippen LogP contribution in [-0.4, -0.2) is 60.1 Å². The number of thiazole rings is 1. The van der Waals surface area contributed by atoms with Crippen LogP contribution in [-0.2, 0) is 6.54 Å². The summed E-state index contributed by atoms with van der Waals surface area (Å²) < 4.78 is 0.791. The monoisotopic (exact) mass is 272 g/mol. The molecule has 0 bridgehead atoms. The van der Waals surface area contributed by atoms with Crippen molar-refractivity contribution in [3.8, 4) is 0 Å². The van der Waals surface area contributed by atoms with E-state index in [-0.39, 0.29) is 0 Å². The number of hydrogen-bond donors (Lipinski definition) is 1. The molecule has 2 aliphatic rings. The maximum Gasteiger partial charge on any atom is 0.113 e. The minimum absolute atomic E-state index is 0.784. The third kappa shape index (κ3) is 2.80. The van der Waals surface area contributed by atoms with Gasteiger partial charge in [0.05, 0.1) is 12.7 Å². The number of halogens is 1. The van der Waals surface area contributed by atoms with Gasteiger partial charge in [-0.05, 0) is 0 Å². The van der Waals surface area contributed by atoms with E-state index in [4.69, 9.17) is 11.6 Å². The van der Waals surface area contributed by atoms with E-state index in [0.717, 1.165) is 35.0 Å². The molecule has 1 N–H and O–H groups in total. The Balaban J connectivity index is 1.47. The van der Waals surface area contributed by atoms with Gasteiger partial charge in [-0.1, -0.05) is 11.6 Å². The topological polar surface area (TPSA) is 31.4 Å². The molecule has 0 atom stereocenters. The molecular formula is C11H17ClN4S. The van der Waals surface area contributed by atoms with Crippen LogP contribution >= 0.6 is 22.9 Å². The van der Waals surface area contributed by atoms with Crippen molar-refractivity contribution in [1.82, 2.24) is 20.1 Å². The summed E-state index contributed by atoms with van der Waals surface area (Å²) in [5, 5.41) is 4.47. The van der Waals surface area contributed by atoms with Crippen molar-refractivity contribution < 1.29 is 0 Å². The van der Waals surface area contributed by atoms with Gasteiger partial charge in [0.25, 0.3) is 0 Å². The van der Waals surface area contributed by atoms with Gasteiger partial charge in [0.15, 0.2) is 0 Å². The molecule has 0 saturated carbocycles. The fourth-order valence-corrected chi connectivity index (χ4v) is 3.37. The molecule has 3 rings (SSSR count). The van der Waals surface area contributed by atoms with E-state index >= 15 is 0 Å². The largest absolute Gasteiger partial charge is 0.314 e. The molecule has 4 nitrogen and oxygen atoms in total. The van der Waals surface area contributed by atoms with E-state index in [1.54, 1.807) is 17.5 Å². The summed E-state index contributed by atoms with van der Waals surface area (Å²) in [6.07, 6.45) is 1.75. The second kappa shape index (κ2) is 5.20. The Hall–Kier alpha value is -0.200. The molecule has 0 spiro atoms. The minimum atomic E-state index is 0.784. The highest BCUT2D eigenvalue weighted by Crippen LogP contribution is 2.20. The first kappa shape index (κ1) is 11.9. The lowest BCUT2D eigenvalue weighted by Crippen LogP contribution is -2.61. The number of aromatic nitrogens is 1. The van der Waals surface area contributed by atoms with Gasteiger partial charge in [-0.15, -0.1) is 11.3 Å². The molecular weight excluding hydrogens is 256 g/mol. The molecule has 0 unspecified atom stereocenters. The van der Waals surface area contributed by atoms with Crippen LogP contribution in [0.25, 0.3) is 0 Å². The normalized spacial score (nSPS) is 23.8. The van der Waals surface area contributed by atoms with Gasteiger partial charge in [-0.25, -0.2) is 4.98 Å². The fourth-order valence-electron chi connectivity index (χ4n) is 2.37. The average molecular weight is 273 g/mol. The van der Waals surface area contributed by atoms with E-state index in [1.807, 2.05) is 0 Å². The van der Waals surface area contributed by atoms with Gasteiger partial charge in [0.1, 0.15) is 9.34 Å². The van der Waals surface area contributed by atoms with Crippen LogP contribution in [0.2, 0.25) is 4.34 Å². The highest BCUT2D eigenvalue weighted by molar-refractivity contribution is 7.15. The van der Waals surface area contributed by atoms with Crippen LogP contribution in [0.4, 0.5) is 0 Å². The maximum absolute atomic E-state index is 5.89.